The molecular weight excluding hydrogens is 410 g/mol. The fraction of sp³-hybridized carbons (Fsp3) is 0.321. The fourth-order valence-corrected chi connectivity index (χ4v) is 4.49. The van der Waals surface area contributed by atoms with Crippen LogP contribution < -0.4 is 9.64 Å². The molecule has 0 amide bonds. The molecule has 0 aliphatic carbocycles. The van der Waals surface area contributed by atoms with Gasteiger partial charge in [0.05, 0.1) is 5.39 Å². The van der Waals surface area contributed by atoms with Crippen LogP contribution in [0.1, 0.15) is 29.2 Å². The number of nitrogens with zero attached hydrogens (tertiary/aromatic N) is 3. The zero-order valence-electron chi connectivity index (χ0n) is 19.4. The highest BCUT2D eigenvalue weighted by atomic mass is 16.5. The lowest BCUT2D eigenvalue weighted by atomic mass is 10.1. The average Bonchev–Trinajstić information content (AvgIpc) is 3.27. The summed E-state index contributed by atoms with van der Waals surface area (Å²) in [6, 6.07) is 25.2. The summed E-state index contributed by atoms with van der Waals surface area (Å²) < 4.78 is 12.0. The van der Waals surface area contributed by atoms with Gasteiger partial charge in [0.1, 0.15) is 11.9 Å². The van der Waals surface area contributed by atoms with Gasteiger partial charge in [0.2, 0.25) is 0 Å². The second kappa shape index (κ2) is 9.67. The number of hydrogen-bond donors (Lipinski definition) is 0. The first-order valence-corrected chi connectivity index (χ1v) is 11.8. The highest BCUT2D eigenvalue weighted by Gasteiger charge is 2.23. The maximum atomic E-state index is 6.42. The minimum atomic E-state index is 0.0367. The van der Waals surface area contributed by atoms with Crippen molar-refractivity contribution in [2.24, 2.45) is 0 Å². The van der Waals surface area contributed by atoms with Crippen LogP contribution in [0.25, 0.3) is 11.0 Å². The smallest absolute Gasteiger partial charge is 0.180 e. The second-order valence-corrected chi connectivity index (χ2v) is 8.95. The molecule has 0 bridgehead atoms. The predicted octanol–water partition coefficient (Wildman–Crippen LogP) is 5.78. The van der Waals surface area contributed by atoms with Gasteiger partial charge in [-0.3, -0.25) is 4.90 Å². The Morgan fingerprint density at radius 1 is 0.879 bits per heavy atom. The van der Waals surface area contributed by atoms with E-state index in [-0.39, 0.29) is 6.10 Å². The van der Waals surface area contributed by atoms with Crippen molar-refractivity contribution >= 4 is 16.8 Å². The van der Waals surface area contributed by atoms with Gasteiger partial charge < -0.3 is 14.2 Å². The molecule has 33 heavy (non-hydrogen) atoms. The number of ether oxygens (including phenoxy) is 1. The number of hydrogen-bond acceptors (Lipinski definition) is 5. The molecule has 1 saturated heterocycles. The van der Waals surface area contributed by atoms with Crippen molar-refractivity contribution in [3.8, 4) is 5.75 Å². The van der Waals surface area contributed by atoms with E-state index in [9.17, 15) is 0 Å². The molecule has 5 rings (SSSR count). The number of aromatic nitrogens is 1. The Labute approximate surface area is 195 Å². The topological polar surface area (TPSA) is 41.7 Å². The Hall–Kier alpha value is -3.31. The number of anilines is 1. The molecule has 0 spiro atoms. The van der Waals surface area contributed by atoms with Crippen LogP contribution in [0, 0.1) is 13.8 Å². The molecule has 1 unspecified atom stereocenters. The van der Waals surface area contributed by atoms with E-state index in [1.165, 1.54) is 16.7 Å². The Morgan fingerprint density at radius 2 is 1.61 bits per heavy atom. The monoisotopic (exact) mass is 441 g/mol. The van der Waals surface area contributed by atoms with Crippen LogP contribution in [0.5, 0.6) is 5.75 Å². The maximum absolute atomic E-state index is 6.42. The molecular formula is C28H31N3O2. The van der Waals surface area contributed by atoms with Crippen LogP contribution in [0.15, 0.2) is 77.3 Å². The Kier molecular flexibility index (Phi) is 6.31. The molecule has 1 aliphatic heterocycles. The van der Waals surface area contributed by atoms with Crippen LogP contribution >= 0.6 is 0 Å². The third-order valence-corrected chi connectivity index (χ3v) is 6.46. The molecule has 0 radical (unpaired) electrons. The van der Waals surface area contributed by atoms with E-state index in [2.05, 4.69) is 102 Å². The van der Waals surface area contributed by atoms with Crippen LogP contribution in [0.4, 0.5) is 5.82 Å². The minimum Gasteiger partial charge on any atom is -0.486 e. The fourth-order valence-electron chi connectivity index (χ4n) is 4.49. The Balaban J connectivity index is 1.21. The van der Waals surface area contributed by atoms with Crippen molar-refractivity contribution in [2.75, 3.05) is 37.6 Å². The first-order valence-electron chi connectivity index (χ1n) is 11.8. The molecule has 0 saturated carbocycles. The Morgan fingerprint density at radius 3 is 2.36 bits per heavy atom. The molecule has 2 heterocycles. The molecule has 5 nitrogen and oxygen atoms in total. The normalized spacial score (nSPS) is 15.6. The summed E-state index contributed by atoms with van der Waals surface area (Å²) in [4.78, 5) is 4.87. The van der Waals surface area contributed by atoms with Crippen molar-refractivity contribution in [1.82, 2.24) is 10.1 Å². The highest BCUT2D eigenvalue weighted by molar-refractivity contribution is 5.89. The summed E-state index contributed by atoms with van der Waals surface area (Å²) >= 11 is 0. The lowest BCUT2D eigenvalue weighted by Gasteiger charge is -2.35. The van der Waals surface area contributed by atoms with Gasteiger partial charge in [-0.05, 0) is 49.2 Å². The summed E-state index contributed by atoms with van der Waals surface area (Å²) in [6.45, 7) is 9.08. The summed E-state index contributed by atoms with van der Waals surface area (Å²) in [5, 5.41) is 5.47. The highest BCUT2D eigenvalue weighted by Crippen LogP contribution is 2.29. The summed E-state index contributed by atoms with van der Waals surface area (Å²) in [7, 11) is 0. The van der Waals surface area contributed by atoms with Crippen LogP contribution in [0.2, 0.25) is 0 Å². The molecule has 1 atom stereocenters. The largest absolute Gasteiger partial charge is 0.486 e. The van der Waals surface area contributed by atoms with E-state index in [0.717, 1.165) is 61.7 Å². The standard InChI is InChI=1S/C28H31N3O2/c1-21-8-11-24(12-9-21)32-26(23-6-4-3-5-7-23)14-15-30-16-18-31(19-17-30)28-25-13-10-22(2)20-27(25)33-29-28/h3-13,20,26H,14-19H2,1-2H3. The van der Waals surface area contributed by atoms with Gasteiger partial charge in [0.25, 0.3) is 0 Å². The predicted molar refractivity (Wildman–Crippen MR) is 133 cm³/mol. The van der Waals surface area contributed by atoms with Gasteiger partial charge in [-0.1, -0.05) is 59.3 Å². The van der Waals surface area contributed by atoms with E-state index >= 15 is 0 Å². The summed E-state index contributed by atoms with van der Waals surface area (Å²) in [5.74, 6) is 1.89. The van der Waals surface area contributed by atoms with Crippen molar-refractivity contribution < 1.29 is 9.26 Å². The van der Waals surface area contributed by atoms with Crippen molar-refractivity contribution in [1.29, 1.82) is 0 Å². The second-order valence-electron chi connectivity index (χ2n) is 8.95. The van der Waals surface area contributed by atoms with E-state index in [1.807, 2.05) is 0 Å². The van der Waals surface area contributed by atoms with Crippen LogP contribution in [-0.2, 0) is 0 Å². The number of aryl methyl sites for hydroxylation is 2. The number of fused-ring (bicyclic) bond motifs is 1. The first-order chi connectivity index (χ1) is 16.2. The lowest BCUT2D eigenvalue weighted by Crippen LogP contribution is -2.47. The number of rotatable bonds is 7. The van der Waals surface area contributed by atoms with E-state index in [4.69, 9.17) is 9.26 Å². The molecule has 1 aliphatic rings. The van der Waals surface area contributed by atoms with E-state index in [1.54, 1.807) is 0 Å². The summed E-state index contributed by atoms with van der Waals surface area (Å²) in [5.41, 5.74) is 4.52. The molecule has 5 heteroatoms. The van der Waals surface area contributed by atoms with Gasteiger partial charge in [0.15, 0.2) is 11.4 Å². The van der Waals surface area contributed by atoms with Crippen molar-refractivity contribution in [3.05, 3.63) is 89.5 Å². The average molecular weight is 442 g/mol. The van der Waals surface area contributed by atoms with E-state index in [0.29, 0.717) is 0 Å². The van der Waals surface area contributed by atoms with Gasteiger partial charge >= 0.3 is 0 Å². The third-order valence-electron chi connectivity index (χ3n) is 6.46. The van der Waals surface area contributed by atoms with Gasteiger partial charge in [0, 0.05) is 39.1 Å². The van der Waals surface area contributed by atoms with Gasteiger partial charge in [-0.2, -0.15) is 0 Å². The molecule has 3 aromatic carbocycles. The van der Waals surface area contributed by atoms with E-state index < -0.39 is 0 Å². The maximum Gasteiger partial charge on any atom is 0.180 e. The zero-order chi connectivity index (χ0) is 22.6. The Bertz CT molecular complexity index is 1180. The van der Waals surface area contributed by atoms with Crippen LogP contribution in [0.3, 0.4) is 0 Å². The van der Waals surface area contributed by atoms with Gasteiger partial charge in [-0.25, -0.2) is 0 Å². The van der Waals surface area contributed by atoms with Crippen molar-refractivity contribution in [2.45, 2.75) is 26.4 Å². The molecule has 1 aromatic heterocycles. The molecule has 0 N–H and O–H groups in total. The first kappa shape index (κ1) is 21.5. The molecule has 170 valence electrons. The summed E-state index contributed by atoms with van der Waals surface area (Å²) in [6.07, 6.45) is 0.985. The van der Waals surface area contributed by atoms with Gasteiger partial charge in [-0.15, -0.1) is 0 Å². The van der Waals surface area contributed by atoms with Crippen LogP contribution in [-0.4, -0.2) is 42.8 Å². The SMILES string of the molecule is Cc1ccc(OC(CCN2CCN(c3noc4cc(C)ccc34)CC2)c2ccccc2)cc1. The third kappa shape index (κ3) is 5.04. The molecule has 1 fully saturated rings. The molecule has 4 aromatic rings. The number of piperazine rings is 1. The number of benzene rings is 3. The quantitative estimate of drug-likeness (QED) is 0.364. The zero-order valence-corrected chi connectivity index (χ0v) is 19.4. The lowest BCUT2D eigenvalue weighted by molar-refractivity contribution is 0.160. The van der Waals surface area contributed by atoms with Crippen molar-refractivity contribution in [3.63, 3.8) is 0 Å². The minimum absolute atomic E-state index is 0.0367.